The second kappa shape index (κ2) is 6.57. The van der Waals surface area contributed by atoms with Gasteiger partial charge >= 0.3 is 0 Å². The standard InChI is InChI=1S/C12H18O2/c1-11(13)10-14-9-5-8-12-6-3-2-4-7-12/h2-4,6-7,11,13H,5,8-10H2,1H3/t11-/m1/s1. The molecule has 2 nitrogen and oxygen atoms in total. The highest BCUT2D eigenvalue weighted by atomic mass is 16.5. The zero-order valence-electron chi connectivity index (χ0n) is 8.65. The van der Waals surface area contributed by atoms with Crippen molar-refractivity contribution in [2.45, 2.75) is 25.9 Å². The number of aliphatic hydroxyl groups is 1. The summed E-state index contributed by atoms with van der Waals surface area (Å²) >= 11 is 0. The predicted molar refractivity (Wildman–Crippen MR) is 57.3 cm³/mol. The lowest BCUT2D eigenvalue weighted by atomic mass is 10.1. The van der Waals surface area contributed by atoms with E-state index < -0.39 is 0 Å². The number of rotatable bonds is 6. The van der Waals surface area contributed by atoms with Gasteiger partial charge in [0.25, 0.3) is 0 Å². The smallest absolute Gasteiger partial charge is 0.0745 e. The normalized spacial score (nSPS) is 12.7. The van der Waals surface area contributed by atoms with Crippen molar-refractivity contribution in [1.82, 2.24) is 0 Å². The van der Waals surface area contributed by atoms with Crippen LogP contribution in [0.4, 0.5) is 0 Å². The topological polar surface area (TPSA) is 29.5 Å². The van der Waals surface area contributed by atoms with Crippen LogP contribution in [0, 0.1) is 0 Å². The molecule has 0 aliphatic heterocycles. The Morgan fingerprint density at radius 2 is 2.00 bits per heavy atom. The molecule has 1 rings (SSSR count). The Labute approximate surface area is 85.5 Å². The van der Waals surface area contributed by atoms with E-state index in [1.165, 1.54) is 5.56 Å². The number of aryl methyl sites for hydroxylation is 1. The lowest BCUT2D eigenvalue weighted by molar-refractivity contribution is 0.0453. The molecule has 0 amide bonds. The summed E-state index contributed by atoms with van der Waals surface area (Å²) in [6, 6.07) is 10.4. The first-order valence-corrected chi connectivity index (χ1v) is 5.09. The summed E-state index contributed by atoms with van der Waals surface area (Å²) in [4.78, 5) is 0. The van der Waals surface area contributed by atoms with Crippen molar-refractivity contribution in [3.05, 3.63) is 35.9 Å². The van der Waals surface area contributed by atoms with E-state index in [0.717, 1.165) is 19.4 Å². The molecular formula is C12H18O2. The molecule has 0 bridgehead atoms. The van der Waals surface area contributed by atoms with E-state index in [9.17, 15) is 0 Å². The summed E-state index contributed by atoms with van der Waals surface area (Å²) in [5.74, 6) is 0. The second-order valence-electron chi connectivity index (χ2n) is 3.51. The third-order valence-electron chi connectivity index (χ3n) is 1.96. The summed E-state index contributed by atoms with van der Waals surface area (Å²) in [6.07, 6.45) is 1.70. The van der Waals surface area contributed by atoms with Gasteiger partial charge in [0.2, 0.25) is 0 Å². The average molecular weight is 194 g/mol. The molecule has 1 atom stereocenters. The third kappa shape index (κ3) is 5.00. The molecule has 78 valence electrons. The number of aliphatic hydroxyl groups excluding tert-OH is 1. The van der Waals surface area contributed by atoms with Gasteiger partial charge in [-0.2, -0.15) is 0 Å². The second-order valence-corrected chi connectivity index (χ2v) is 3.51. The van der Waals surface area contributed by atoms with E-state index in [1.54, 1.807) is 6.92 Å². The monoisotopic (exact) mass is 194 g/mol. The fraction of sp³-hybridized carbons (Fsp3) is 0.500. The summed E-state index contributed by atoms with van der Waals surface area (Å²) < 4.78 is 5.27. The molecule has 1 aromatic carbocycles. The fourth-order valence-electron chi connectivity index (χ4n) is 1.28. The Hall–Kier alpha value is -0.860. The van der Waals surface area contributed by atoms with Crippen LogP contribution in [0.3, 0.4) is 0 Å². The van der Waals surface area contributed by atoms with Gasteiger partial charge in [0.15, 0.2) is 0 Å². The molecule has 0 aliphatic rings. The van der Waals surface area contributed by atoms with Gasteiger partial charge in [0.05, 0.1) is 12.7 Å². The Bertz CT molecular complexity index is 231. The quantitative estimate of drug-likeness (QED) is 0.702. The van der Waals surface area contributed by atoms with Gasteiger partial charge in [0, 0.05) is 6.61 Å². The Kier molecular flexibility index (Phi) is 5.27. The van der Waals surface area contributed by atoms with Gasteiger partial charge in [-0.05, 0) is 25.3 Å². The van der Waals surface area contributed by atoms with Gasteiger partial charge in [0.1, 0.15) is 0 Å². The van der Waals surface area contributed by atoms with Gasteiger partial charge in [-0.15, -0.1) is 0 Å². The minimum absolute atomic E-state index is 0.355. The molecule has 0 saturated carbocycles. The van der Waals surface area contributed by atoms with Crippen LogP contribution in [0.15, 0.2) is 30.3 Å². The summed E-state index contributed by atoms with van der Waals surface area (Å²) in [7, 11) is 0. The van der Waals surface area contributed by atoms with Crippen LogP contribution in [0.1, 0.15) is 18.9 Å². The number of hydrogen-bond donors (Lipinski definition) is 1. The van der Waals surface area contributed by atoms with E-state index in [0.29, 0.717) is 6.61 Å². The Morgan fingerprint density at radius 3 is 2.64 bits per heavy atom. The summed E-state index contributed by atoms with van der Waals surface area (Å²) in [5, 5.41) is 8.94. The molecule has 0 aromatic heterocycles. The first-order valence-electron chi connectivity index (χ1n) is 5.09. The Morgan fingerprint density at radius 1 is 1.29 bits per heavy atom. The number of benzene rings is 1. The first kappa shape index (κ1) is 11.2. The molecule has 0 radical (unpaired) electrons. The van der Waals surface area contributed by atoms with Gasteiger partial charge < -0.3 is 9.84 Å². The van der Waals surface area contributed by atoms with Crippen molar-refractivity contribution in [3.63, 3.8) is 0 Å². The highest BCUT2D eigenvalue weighted by Gasteiger charge is 1.95. The molecule has 0 unspecified atom stereocenters. The van der Waals surface area contributed by atoms with Crippen LogP contribution in [0.25, 0.3) is 0 Å². The number of ether oxygens (including phenoxy) is 1. The van der Waals surface area contributed by atoms with Crippen LogP contribution in [0.5, 0.6) is 0 Å². The molecule has 0 spiro atoms. The van der Waals surface area contributed by atoms with E-state index in [4.69, 9.17) is 9.84 Å². The highest BCUT2D eigenvalue weighted by Crippen LogP contribution is 2.02. The minimum Gasteiger partial charge on any atom is -0.391 e. The average Bonchev–Trinajstić information content (AvgIpc) is 2.18. The first-order chi connectivity index (χ1) is 6.79. The van der Waals surface area contributed by atoms with E-state index >= 15 is 0 Å². The minimum atomic E-state index is -0.355. The van der Waals surface area contributed by atoms with Crippen LogP contribution < -0.4 is 0 Å². The van der Waals surface area contributed by atoms with Crippen LogP contribution in [-0.4, -0.2) is 24.4 Å². The molecule has 0 heterocycles. The third-order valence-corrected chi connectivity index (χ3v) is 1.96. The zero-order chi connectivity index (χ0) is 10.2. The van der Waals surface area contributed by atoms with Crippen LogP contribution >= 0.6 is 0 Å². The van der Waals surface area contributed by atoms with Gasteiger partial charge in [-0.25, -0.2) is 0 Å². The number of hydrogen-bond acceptors (Lipinski definition) is 2. The van der Waals surface area contributed by atoms with Crippen LogP contribution in [0.2, 0.25) is 0 Å². The summed E-state index contributed by atoms with van der Waals surface area (Å²) in [6.45, 7) is 2.89. The molecular weight excluding hydrogens is 176 g/mol. The molecule has 0 fully saturated rings. The van der Waals surface area contributed by atoms with Gasteiger partial charge in [-0.3, -0.25) is 0 Å². The maximum absolute atomic E-state index is 8.94. The van der Waals surface area contributed by atoms with Crippen molar-refractivity contribution >= 4 is 0 Å². The fourth-order valence-corrected chi connectivity index (χ4v) is 1.28. The predicted octanol–water partition coefficient (Wildman–Crippen LogP) is 2.02. The van der Waals surface area contributed by atoms with Crippen molar-refractivity contribution in [2.24, 2.45) is 0 Å². The lowest BCUT2D eigenvalue weighted by Crippen LogP contribution is -2.11. The van der Waals surface area contributed by atoms with E-state index in [-0.39, 0.29) is 6.10 Å². The summed E-state index contributed by atoms with van der Waals surface area (Å²) in [5.41, 5.74) is 1.34. The Balaban J connectivity index is 2.05. The van der Waals surface area contributed by atoms with Gasteiger partial charge in [-0.1, -0.05) is 30.3 Å². The molecule has 14 heavy (non-hydrogen) atoms. The van der Waals surface area contributed by atoms with E-state index in [2.05, 4.69) is 12.1 Å². The van der Waals surface area contributed by atoms with Crippen molar-refractivity contribution in [2.75, 3.05) is 13.2 Å². The highest BCUT2D eigenvalue weighted by molar-refractivity contribution is 5.14. The molecule has 0 saturated heterocycles. The largest absolute Gasteiger partial charge is 0.391 e. The molecule has 2 heteroatoms. The molecule has 0 aliphatic carbocycles. The lowest BCUT2D eigenvalue weighted by Gasteiger charge is -2.05. The van der Waals surface area contributed by atoms with Crippen molar-refractivity contribution in [3.8, 4) is 0 Å². The van der Waals surface area contributed by atoms with Crippen molar-refractivity contribution < 1.29 is 9.84 Å². The SMILES string of the molecule is C[C@@H](O)COCCCc1ccccc1. The van der Waals surface area contributed by atoms with Crippen molar-refractivity contribution in [1.29, 1.82) is 0 Å². The molecule has 1 aromatic rings. The zero-order valence-corrected chi connectivity index (χ0v) is 8.65. The maximum Gasteiger partial charge on any atom is 0.0745 e. The maximum atomic E-state index is 8.94. The molecule has 1 N–H and O–H groups in total. The van der Waals surface area contributed by atoms with Crippen LogP contribution in [-0.2, 0) is 11.2 Å². The van der Waals surface area contributed by atoms with E-state index in [1.807, 2.05) is 18.2 Å².